The van der Waals surface area contributed by atoms with Crippen LogP contribution in [0.25, 0.3) is 0 Å². The molecule has 6 heteroatoms. The van der Waals surface area contributed by atoms with Crippen LogP contribution >= 0.6 is 0 Å². The number of allylic oxidation sites excluding steroid dienone is 4. The van der Waals surface area contributed by atoms with Crippen LogP contribution in [0.5, 0.6) is 0 Å². The fraction of sp³-hybridized carbons (Fsp3) is 0.887. The number of rotatable bonds is 47. The summed E-state index contributed by atoms with van der Waals surface area (Å²) in [6.45, 7) is 6.48. The molecule has 0 radical (unpaired) electrons. The summed E-state index contributed by atoms with van der Waals surface area (Å²) in [4.78, 5) is 26.1. The van der Waals surface area contributed by atoms with E-state index in [1.807, 2.05) is 0 Å². The fourth-order valence-corrected chi connectivity index (χ4v) is 8.07. The van der Waals surface area contributed by atoms with Gasteiger partial charge in [-0.25, -0.2) is 0 Å². The van der Waals surface area contributed by atoms with E-state index in [0.717, 1.165) is 64.2 Å². The molecule has 0 aromatic rings. The number of hydrogen-bond acceptors (Lipinski definition) is 5. The van der Waals surface area contributed by atoms with Gasteiger partial charge in [-0.05, 0) is 51.4 Å². The normalized spacial score (nSPS) is 13.4. The van der Waals surface area contributed by atoms with Crippen molar-refractivity contribution in [1.82, 2.24) is 5.32 Å². The predicted octanol–water partition coefficient (Wildman–Crippen LogP) is 15.5. The van der Waals surface area contributed by atoms with Crippen molar-refractivity contribution in [2.75, 3.05) is 6.61 Å². The van der Waals surface area contributed by atoms with E-state index < -0.39 is 18.2 Å². The molecule has 0 bridgehead atoms. The topological polar surface area (TPSA) is 95.9 Å². The summed E-state index contributed by atoms with van der Waals surface area (Å²) < 4.78 is 5.93. The van der Waals surface area contributed by atoms with Gasteiger partial charge in [0.15, 0.2) is 0 Å². The van der Waals surface area contributed by atoms with E-state index >= 15 is 0 Å². The number of carbonyl (C=O) groups is 2. The summed E-state index contributed by atoms with van der Waals surface area (Å²) in [7, 11) is 0. The number of unbranched alkanes of at least 4 members (excludes halogenated alkanes) is 32. The van der Waals surface area contributed by atoms with E-state index in [0.29, 0.717) is 19.3 Å². The van der Waals surface area contributed by atoms with Crippen LogP contribution in [-0.2, 0) is 14.3 Å². The molecule has 0 aromatic carbocycles. The maximum atomic E-state index is 13.2. The molecule has 348 valence electrons. The number of amides is 1. The highest BCUT2D eigenvalue weighted by Crippen LogP contribution is 2.18. The molecular formula is C53H101NO5. The second-order valence-electron chi connectivity index (χ2n) is 18.0. The van der Waals surface area contributed by atoms with Gasteiger partial charge in [-0.1, -0.05) is 238 Å². The highest BCUT2D eigenvalue weighted by Gasteiger charge is 2.24. The van der Waals surface area contributed by atoms with Crippen LogP contribution in [0.1, 0.15) is 278 Å². The van der Waals surface area contributed by atoms with Crippen LogP contribution < -0.4 is 5.32 Å². The Balaban J connectivity index is 4.59. The molecule has 0 spiro atoms. The van der Waals surface area contributed by atoms with Gasteiger partial charge in [-0.3, -0.25) is 9.59 Å². The number of carbonyl (C=O) groups excluding carboxylic acids is 2. The fourth-order valence-electron chi connectivity index (χ4n) is 8.07. The van der Waals surface area contributed by atoms with Gasteiger partial charge in [0.1, 0.15) is 6.10 Å². The first-order valence-corrected chi connectivity index (χ1v) is 26.1. The predicted molar refractivity (Wildman–Crippen MR) is 255 cm³/mol. The molecular weight excluding hydrogens is 731 g/mol. The van der Waals surface area contributed by atoms with Gasteiger partial charge in [0.25, 0.3) is 0 Å². The van der Waals surface area contributed by atoms with E-state index in [1.165, 1.54) is 167 Å². The van der Waals surface area contributed by atoms with Gasteiger partial charge >= 0.3 is 5.97 Å². The molecule has 0 rings (SSSR count). The third-order valence-corrected chi connectivity index (χ3v) is 12.1. The Morgan fingerprint density at radius 3 is 1.25 bits per heavy atom. The molecule has 0 saturated heterocycles. The first-order valence-electron chi connectivity index (χ1n) is 26.1. The van der Waals surface area contributed by atoms with Crippen LogP contribution in [0, 0.1) is 0 Å². The molecule has 3 atom stereocenters. The van der Waals surface area contributed by atoms with Crippen molar-refractivity contribution < 1.29 is 24.5 Å². The summed E-state index contributed by atoms with van der Waals surface area (Å²) in [6.07, 6.45) is 53.8. The van der Waals surface area contributed by atoms with Crippen molar-refractivity contribution >= 4 is 11.9 Å². The summed E-state index contributed by atoms with van der Waals surface area (Å²) in [5, 5.41) is 23.7. The van der Waals surface area contributed by atoms with E-state index in [2.05, 4.69) is 50.4 Å². The number of aliphatic hydroxyl groups is 2. The van der Waals surface area contributed by atoms with Crippen molar-refractivity contribution in [1.29, 1.82) is 0 Å². The summed E-state index contributed by atoms with van der Waals surface area (Å²) >= 11 is 0. The summed E-state index contributed by atoms with van der Waals surface area (Å²) in [6, 6.07) is -0.701. The monoisotopic (exact) mass is 832 g/mol. The third kappa shape index (κ3) is 42.8. The zero-order valence-electron chi connectivity index (χ0n) is 39.7. The number of nitrogens with one attached hydrogen (secondary N) is 1. The van der Waals surface area contributed by atoms with Crippen molar-refractivity contribution in [3.8, 4) is 0 Å². The highest BCUT2D eigenvalue weighted by atomic mass is 16.5. The number of ether oxygens (including phenoxy) is 1. The van der Waals surface area contributed by atoms with Gasteiger partial charge in [0.05, 0.1) is 25.2 Å². The first-order chi connectivity index (χ1) is 29.0. The molecule has 1 amide bonds. The average Bonchev–Trinajstić information content (AvgIpc) is 3.23. The Kier molecular flexibility index (Phi) is 46.1. The van der Waals surface area contributed by atoms with Crippen molar-refractivity contribution in [3.05, 3.63) is 24.3 Å². The van der Waals surface area contributed by atoms with Crippen LogP contribution in [0.3, 0.4) is 0 Å². The molecule has 0 heterocycles. The van der Waals surface area contributed by atoms with Crippen molar-refractivity contribution in [2.45, 2.75) is 296 Å². The van der Waals surface area contributed by atoms with E-state index in [-0.39, 0.29) is 24.9 Å². The van der Waals surface area contributed by atoms with Gasteiger partial charge in [-0.2, -0.15) is 0 Å². The number of hydrogen-bond donors (Lipinski definition) is 3. The smallest absolute Gasteiger partial charge is 0.306 e. The molecule has 3 unspecified atom stereocenters. The molecule has 6 nitrogen and oxygen atoms in total. The lowest BCUT2D eigenvalue weighted by Crippen LogP contribution is -2.46. The molecule has 0 fully saturated rings. The maximum Gasteiger partial charge on any atom is 0.306 e. The number of aliphatic hydroxyl groups excluding tert-OH is 2. The number of esters is 1. The van der Waals surface area contributed by atoms with Crippen LogP contribution in [0.15, 0.2) is 24.3 Å². The second-order valence-corrected chi connectivity index (χ2v) is 18.0. The lowest BCUT2D eigenvalue weighted by atomic mass is 10.0. The average molecular weight is 832 g/mol. The molecule has 0 saturated carbocycles. The van der Waals surface area contributed by atoms with E-state index in [9.17, 15) is 19.8 Å². The minimum Gasteiger partial charge on any atom is -0.462 e. The molecule has 59 heavy (non-hydrogen) atoms. The molecule has 0 aliphatic heterocycles. The summed E-state index contributed by atoms with van der Waals surface area (Å²) in [5.74, 6) is -0.491. The standard InChI is InChI=1S/C53H101NO5/c1-4-7-10-13-16-19-22-24-26-27-29-31-34-37-40-43-46-53(58)59-49(44-41-38-35-32-30-28-25-23-20-17-14-11-8-5-2)47-52(57)54-50(48-55)51(56)45-42-39-36-33-21-18-15-12-9-6-3/h26-27,29,31,49-51,55-56H,4-25,28,30,32-48H2,1-3H3,(H,54,57)/b27-26+,31-29+. The highest BCUT2D eigenvalue weighted by molar-refractivity contribution is 5.77. The Morgan fingerprint density at radius 2 is 0.847 bits per heavy atom. The SMILES string of the molecule is CCCCCCCCC/C=C/C=C/CCCCCC(=O)OC(CCCCCCCCCCCCCCCC)CC(=O)NC(CO)C(O)CCCCCCCCCCCC. The minimum atomic E-state index is -0.787. The van der Waals surface area contributed by atoms with E-state index in [4.69, 9.17) is 4.74 Å². The second kappa shape index (κ2) is 47.4. The van der Waals surface area contributed by atoms with Crippen molar-refractivity contribution in [3.63, 3.8) is 0 Å². The maximum absolute atomic E-state index is 13.2. The molecule has 0 aliphatic rings. The van der Waals surface area contributed by atoms with Crippen LogP contribution in [0.4, 0.5) is 0 Å². The Hall–Kier alpha value is -1.66. The Morgan fingerprint density at radius 1 is 0.492 bits per heavy atom. The lowest BCUT2D eigenvalue weighted by molar-refractivity contribution is -0.151. The van der Waals surface area contributed by atoms with Gasteiger partial charge in [0, 0.05) is 6.42 Å². The zero-order valence-corrected chi connectivity index (χ0v) is 39.7. The molecule has 3 N–H and O–H groups in total. The van der Waals surface area contributed by atoms with E-state index in [1.54, 1.807) is 0 Å². The van der Waals surface area contributed by atoms with Gasteiger partial charge in [-0.15, -0.1) is 0 Å². The molecule has 0 aromatic heterocycles. The van der Waals surface area contributed by atoms with Gasteiger partial charge < -0.3 is 20.3 Å². The zero-order chi connectivity index (χ0) is 43.1. The third-order valence-electron chi connectivity index (χ3n) is 12.1. The Bertz CT molecular complexity index is 935. The largest absolute Gasteiger partial charge is 0.462 e. The lowest BCUT2D eigenvalue weighted by Gasteiger charge is -2.24. The summed E-state index contributed by atoms with van der Waals surface area (Å²) in [5.41, 5.74) is 0. The van der Waals surface area contributed by atoms with Gasteiger partial charge in [0.2, 0.25) is 5.91 Å². The first kappa shape index (κ1) is 57.3. The van der Waals surface area contributed by atoms with Crippen LogP contribution in [0.2, 0.25) is 0 Å². The Labute approximate surface area is 367 Å². The molecule has 0 aliphatic carbocycles. The minimum absolute atomic E-state index is 0.0724. The van der Waals surface area contributed by atoms with Crippen LogP contribution in [-0.4, -0.2) is 46.9 Å². The van der Waals surface area contributed by atoms with Crippen molar-refractivity contribution in [2.24, 2.45) is 0 Å². The quantitative estimate of drug-likeness (QED) is 0.0322.